The standard InChI is InChI=1S/C32H44FN5O2/c1-20-19-38(15-14-34-20)31(37-29-17-24-16-27(21(29)2)32(24,3)4)36-25-9-6-23(7-10-25)30(39)35-13-12-22-8-11-26(40-5)18-28(22)33/h6-11,18,20-21,24,27,29,34H,12-17,19H2,1-5H3,(H,35,39)(H,36,37)/t20-,21-,24+,27-,29?/m0/s1. The molecule has 4 fully saturated rings. The number of anilines is 1. The third-order valence-electron chi connectivity index (χ3n) is 9.61. The maximum atomic E-state index is 14.2. The Bertz CT molecular complexity index is 1230. The molecule has 216 valence electrons. The minimum absolute atomic E-state index is 0.178. The smallest absolute Gasteiger partial charge is 0.251 e. The first kappa shape index (κ1) is 28.4. The van der Waals surface area contributed by atoms with Crippen molar-refractivity contribution in [3.63, 3.8) is 0 Å². The molecular formula is C32H44FN5O2. The SMILES string of the molecule is COc1ccc(CCNC(=O)c2ccc(N/C(=N/C3C[C@H]4C[C@@H]([C@@H]3C)C4(C)C)N3CCN[C@@H](C)C3)cc2)c(F)c1. The predicted molar refractivity (Wildman–Crippen MR) is 158 cm³/mol. The molecule has 1 saturated heterocycles. The van der Waals surface area contributed by atoms with E-state index in [1.54, 1.807) is 12.1 Å². The second-order valence-electron chi connectivity index (χ2n) is 12.4. The Morgan fingerprint density at radius 1 is 1.18 bits per heavy atom. The van der Waals surface area contributed by atoms with Crippen LogP contribution >= 0.6 is 0 Å². The van der Waals surface area contributed by atoms with Crippen LogP contribution in [0.5, 0.6) is 5.75 Å². The van der Waals surface area contributed by atoms with Crippen molar-refractivity contribution in [2.45, 2.75) is 59.0 Å². The number of piperazine rings is 1. The van der Waals surface area contributed by atoms with Gasteiger partial charge in [-0.3, -0.25) is 4.79 Å². The van der Waals surface area contributed by atoms with Crippen LogP contribution in [0.2, 0.25) is 0 Å². The number of guanidine groups is 1. The van der Waals surface area contributed by atoms with E-state index in [0.717, 1.165) is 49.5 Å². The van der Waals surface area contributed by atoms with Gasteiger partial charge in [0.05, 0.1) is 13.2 Å². The first-order valence-electron chi connectivity index (χ1n) is 14.7. The van der Waals surface area contributed by atoms with Gasteiger partial charge in [-0.1, -0.05) is 26.8 Å². The molecule has 1 aliphatic heterocycles. The minimum Gasteiger partial charge on any atom is -0.497 e. The number of ether oxygens (including phenoxy) is 1. The number of nitrogens with zero attached hydrogens (tertiary/aromatic N) is 2. The van der Waals surface area contributed by atoms with Crippen LogP contribution in [-0.4, -0.2) is 62.1 Å². The molecule has 3 aliphatic carbocycles. The van der Waals surface area contributed by atoms with E-state index in [4.69, 9.17) is 9.73 Å². The Kier molecular flexibility index (Phi) is 8.36. The van der Waals surface area contributed by atoms with E-state index in [9.17, 15) is 9.18 Å². The third-order valence-corrected chi connectivity index (χ3v) is 9.61. The predicted octanol–water partition coefficient (Wildman–Crippen LogP) is 4.94. The molecular weight excluding hydrogens is 505 g/mol. The summed E-state index contributed by atoms with van der Waals surface area (Å²) >= 11 is 0. The van der Waals surface area contributed by atoms with Crippen LogP contribution in [0.25, 0.3) is 0 Å². The highest BCUT2D eigenvalue weighted by Crippen LogP contribution is 2.61. The quantitative estimate of drug-likeness (QED) is 0.337. The topological polar surface area (TPSA) is 78.0 Å². The van der Waals surface area contributed by atoms with Crippen molar-refractivity contribution in [3.8, 4) is 5.75 Å². The van der Waals surface area contributed by atoms with Gasteiger partial charge in [-0.2, -0.15) is 0 Å². The lowest BCUT2D eigenvalue weighted by Crippen LogP contribution is -2.57. The fourth-order valence-corrected chi connectivity index (χ4v) is 6.87. The Labute approximate surface area is 238 Å². The fourth-order valence-electron chi connectivity index (χ4n) is 6.87. The summed E-state index contributed by atoms with van der Waals surface area (Å²) < 4.78 is 19.2. The number of aliphatic imine (C=N–C) groups is 1. The molecule has 0 radical (unpaired) electrons. The summed E-state index contributed by atoms with van der Waals surface area (Å²) in [6, 6.07) is 13.0. The first-order chi connectivity index (χ1) is 19.2. The van der Waals surface area contributed by atoms with E-state index >= 15 is 0 Å². The molecule has 2 aromatic carbocycles. The number of fused-ring (bicyclic) bond motifs is 2. The fraction of sp³-hybridized carbons (Fsp3) is 0.562. The zero-order chi connectivity index (χ0) is 28.4. The van der Waals surface area contributed by atoms with Gasteiger partial charge in [-0.05, 0) is 85.3 Å². The molecule has 3 N–H and O–H groups in total. The van der Waals surface area contributed by atoms with Crippen molar-refractivity contribution in [3.05, 3.63) is 59.4 Å². The lowest BCUT2D eigenvalue weighted by Gasteiger charge is -2.61. The second kappa shape index (κ2) is 11.8. The van der Waals surface area contributed by atoms with E-state index in [-0.39, 0.29) is 11.7 Å². The van der Waals surface area contributed by atoms with Gasteiger partial charge in [0, 0.05) is 49.5 Å². The summed E-state index contributed by atoms with van der Waals surface area (Å²) in [4.78, 5) is 20.4. The Morgan fingerprint density at radius 2 is 1.95 bits per heavy atom. The molecule has 0 spiro atoms. The maximum Gasteiger partial charge on any atom is 0.251 e. The average Bonchev–Trinajstić information content (AvgIpc) is 2.94. The number of rotatable bonds is 7. The summed E-state index contributed by atoms with van der Waals surface area (Å²) in [7, 11) is 1.51. The Hall–Kier alpha value is -3.13. The number of benzene rings is 2. The number of hydrogen-bond donors (Lipinski definition) is 3. The Balaban J connectivity index is 1.22. The first-order valence-corrected chi connectivity index (χ1v) is 14.7. The van der Waals surface area contributed by atoms with Gasteiger partial charge < -0.3 is 25.6 Å². The van der Waals surface area contributed by atoms with E-state index in [1.165, 1.54) is 19.6 Å². The summed E-state index contributed by atoms with van der Waals surface area (Å²) in [5.74, 6) is 2.96. The zero-order valence-corrected chi connectivity index (χ0v) is 24.5. The molecule has 3 saturated carbocycles. The van der Waals surface area contributed by atoms with Crippen LogP contribution in [-0.2, 0) is 6.42 Å². The van der Waals surface area contributed by atoms with Crippen molar-refractivity contribution in [2.24, 2.45) is 28.2 Å². The third kappa shape index (κ3) is 5.97. The largest absolute Gasteiger partial charge is 0.497 e. The normalized spacial score (nSPS) is 27.5. The number of halogens is 1. The van der Waals surface area contributed by atoms with E-state index in [0.29, 0.717) is 53.3 Å². The highest BCUT2D eigenvalue weighted by atomic mass is 19.1. The van der Waals surface area contributed by atoms with Gasteiger partial charge in [-0.25, -0.2) is 9.38 Å². The average molecular weight is 550 g/mol. The lowest BCUT2D eigenvalue weighted by atomic mass is 9.45. The van der Waals surface area contributed by atoms with Gasteiger partial charge in [0.2, 0.25) is 0 Å². The molecule has 1 amide bonds. The van der Waals surface area contributed by atoms with Crippen molar-refractivity contribution >= 4 is 17.6 Å². The number of methoxy groups -OCH3 is 1. The number of hydrogen-bond acceptors (Lipinski definition) is 4. The molecule has 1 heterocycles. The molecule has 7 nitrogen and oxygen atoms in total. The lowest BCUT2D eigenvalue weighted by molar-refractivity contribution is -0.108. The van der Waals surface area contributed by atoms with Crippen molar-refractivity contribution < 1.29 is 13.9 Å². The maximum absolute atomic E-state index is 14.2. The molecule has 6 rings (SSSR count). The zero-order valence-electron chi connectivity index (χ0n) is 24.5. The van der Waals surface area contributed by atoms with Gasteiger partial charge >= 0.3 is 0 Å². The van der Waals surface area contributed by atoms with Gasteiger partial charge in [0.25, 0.3) is 5.91 Å². The molecule has 8 heteroatoms. The van der Waals surface area contributed by atoms with Crippen molar-refractivity contribution in [1.82, 2.24) is 15.5 Å². The molecule has 0 aromatic heterocycles. The minimum atomic E-state index is -0.330. The summed E-state index contributed by atoms with van der Waals surface area (Å²) in [6.45, 7) is 12.5. The van der Waals surface area contributed by atoms with Crippen LogP contribution in [0.4, 0.5) is 10.1 Å². The monoisotopic (exact) mass is 549 g/mol. The van der Waals surface area contributed by atoms with Crippen LogP contribution < -0.4 is 20.7 Å². The molecule has 4 aliphatic rings. The van der Waals surface area contributed by atoms with Crippen molar-refractivity contribution in [1.29, 1.82) is 0 Å². The van der Waals surface area contributed by atoms with E-state index in [2.05, 4.69) is 48.5 Å². The second-order valence-corrected chi connectivity index (χ2v) is 12.4. The van der Waals surface area contributed by atoms with E-state index in [1.807, 2.05) is 24.3 Å². The molecule has 2 aromatic rings. The van der Waals surface area contributed by atoms with Gasteiger partial charge in [0.15, 0.2) is 5.96 Å². The number of carbonyl (C=O) groups excluding carboxylic acids is 1. The van der Waals surface area contributed by atoms with Gasteiger partial charge in [-0.15, -0.1) is 0 Å². The number of amides is 1. The van der Waals surface area contributed by atoms with Crippen LogP contribution in [0.3, 0.4) is 0 Å². The molecule has 40 heavy (non-hydrogen) atoms. The highest BCUT2D eigenvalue weighted by Gasteiger charge is 2.56. The van der Waals surface area contributed by atoms with Gasteiger partial charge in [0.1, 0.15) is 11.6 Å². The van der Waals surface area contributed by atoms with Crippen LogP contribution in [0.15, 0.2) is 47.5 Å². The van der Waals surface area contributed by atoms with Crippen LogP contribution in [0.1, 0.15) is 56.5 Å². The summed E-state index contributed by atoms with van der Waals surface area (Å²) in [6.07, 6.45) is 2.89. The molecule has 2 bridgehead atoms. The van der Waals surface area contributed by atoms with Crippen LogP contribution in [0, 0.1) is 29.0 Å². The van der Waals surface area contributed by atoms with E-state index < -0.39 is 0 Å². The number of nitrogens with one attached hydrogen (secondary N) is 3. The number of carbonyl (C=O) groups is 1. The van der Waals surface area contributed by atoms with Crippen molar-refractivity contribution in [2.75, 3.05) is 38.6 Å². The highest BCUT2D eigenvalue weighted by molar-refractivity contribution is 5.96. The summed E-state index contributed by atoms with van der Waals surface area (Å²) in [5, 5.41) is 10.0. The molecule has 5 atom stereocenters. The Morgan fingerprint density at radius 3 is 2.60 bits per heavy atom. The molecule has 1 unspecified atom stereocenters. The summed E-state index contributed by atoms with van der Waals surface area (Å²) in [5.41, 5.74) is 2.46.